The summed E-state index contributed by atoms with van der Waals surface area (Å²) in [4.78, 5) is 17.5. The van der Waals surface area contributed by atoms with E-state index in [-0.39, 0.29) is 17.9 Å². The normalized spacial score (nSPS) is 19.6. The molecule has 7 nitrogen and oxygen atoms in total. The predicted molar refractivity (Wildman–Crippen MR) is 114 cm³/mol. The molecule has 0 saturated heterocycles. The molecular formula is C20H20IN5O2. The van der Waals surface area contributed by atoms with E-state index in [1.807, 2.05) is 34.9 Å². The third-order valence-electron chi connectivity index (χ3n) is 4.72. The number of nitrogens with one attached hydrogen (secondary N) is 1. The molecule has 2 atom stereocenters. The number of halogens is 1. The Kier molecular flexibility index (Phi) is 5.29. The topological polar surface area (TPSA) is 81.9 Å². The van der Waals surface area contributed by atoms with Gasteiger partial charge in [-0.05, 0) is 72.2 Å². The molecule has 3 heterocycles. The molecule has 1 aliphatic heterocycles. The van der Waals surface area contributed by atoms with Crippen molar-refractivity contribution in [3.63, 3.8) is 0 Å². The van der Waals surface area contributed by atoms with E-state index >= 15 is 0 Å². The molecule has 0 radical (unpaired) electrons. The number of carbonyl (C=O) groups is 1. The van der Waals surface area contributed by atoms with Gasteiger partial charge < -0.3 is 14.6 Å². The molecule has 1 aliphatic rings. The van der Waals surface area contributed by atoms with Crippen molar-refractivity contribution >= 4 is 34.3 Å². The molecule has 0 fully saturated rings. The Hall–Kier alpha value is -2.49. The maximum atomic E-state index is 12.9. The third-order valence-corrected chi connectivity index (χ3v) is 5.39. The molecule has 0 aliphatic carbocycles. The Labute approximate surface area is 176 Å². The van der Waals surface area contributed by atoms with Gasteiger partial charge in [0.2, 0.25) is 0 Å². The van der Waals surface area contributed by atoms with Gasteiger partial charge in [-0.15, -0.1) is 10.2 Å². The van der Waals surface area contributed by atoms with Crippen LogP contribution in [0.2, 0.25) is 0 Å². The number of anilines is 1. The summed E-state index contributed by atoms with van der Waals surface area (Å²) in [7, 11) is 0. The fourth-order valence-electron chi connectivity index (χ4n) is 3.36. The smallest absolute Gasteiger partial charge is 0.260 e. The summed E-state index contributed by atoms with van der Waals surface area (Å²) in [6.45, 7) is 4.79. The van der Waals surface area contributed by atoms with Gasteiger partial charge in [-0.2, -0.15) is 0 Å². The molecule has 2 bridgehead atoms. The van der Waals surface area contributed by atoms with Crippen molar-refractivity contribution in [1.29, 1.82) is 0 Å². The van der Waals surface area contributed by atoms with E-state index in [0.717, 1.165) is 9.99 Å². The van der Waals surface area contributed by atoms with Gasteiger partial charge >= 0.3 is 0 Å². The van der Waals surface area contributed by atoms with Crippen molar-refractivity contribution in [3.05, 3.63) is 51.9 Å². The van der Waals surface area contributed by atoms with Crippen LogP contribution in [0.5, 0.6) is 5.75 Å². The molecule has 28 heavy (non-hydrogen) atoms. The minimum Gasteiger partial charge on any atom is -0.492 e. The summed E-state index contributed by atoms with van der Waals surface area (Å²) in [6, 6.07) is 11.3. The van der Waals surface area contributed by atoms with Crippen molar-refractivity contribution in [1.82, 2.24) is 19.7 Å². The van der Waals surface area contributed by atoms with Gasteiger partial charge in [0, 0.05) is 9.61 Å². The monoisotopic (exact) mass is 489 g/mol. The number of aromatic nitrogens is 4. The molecule has 8 heteroatoms. The van der Waals surface area contributed by atoms with Crippen LogP contribution < -0.4 is 10.1 Å². The summed E-state index contributed by atoms with van der Waals surface area (Å²) in [5, 5.41) is 11.2. The number of amides is 1. The van der Waals surface area contributed by atoms with Crippen molar-refractivity contribution in [2.75, 3.05) is 11.9 Å². The first-order valence-corrected chi connectivity index (χ1v) is 10.2. The first kappa shape index (κ1) is 18.9. The number of hydrogen-bond donors (Lipinski definition) is 1. The molecule has 0 saturated carbocycles. The molecule has 144 valence electrons. The number of rotatable bonds is 0. The quantitative estimate of drug-likeness (QED) is 0.480. The molecule has 4 rings (SSSR count). The zero-order chi connectivity index (χ0) is 19.7. The second kappa shape index (κ2) is 7.86. The standard InChI is InChI=1S/C20H20IN5O2/c1-12-8-13(2)26-11-22-25-19(26)16-4-3-5-18(23-16)24-20(27)15-9-14(21)6-7-17(15)28-10-12/h3-7,9,11-13H,8,10H2,1-2H3,(H,23,24,27)/t12-,13+/m1/s1. The minimum absolute atomic E-state index is 0.183. The van der Waals surface area contributed by atoms with Gasteiger partial charge in [0.1, 0.15) is 23.6 Å². The van der Waals surface area contributed by atoms with Crippen molar-refractivity contribution in [2.24, 2.45) is 5.92 Å². The van der Waals surface area contributed by atoms with Gasteiger partial charge in [0.15, 0.2) is 5.82 Å². The molecule has 3 aromatic rings. The Morgan fingerprint density at radius 3 is 2.96 bits per heavy atom. The van der Waals surface area contributed by atoms with Gasteiger partial charge in [0.05, 0.1) is 12.2 Å². The molecule has 0 unspecified atom stereocenters. The fourth-order valence-corrected chi connectivity index (χ4v) is 3.85. The Bertz CT molecular complexity index is 1020. The number of nitrogens with zero attached hydrogens (tertiary/aromatic N) is 4. The molecule has 1 aromatic carbocycles. The van der Waals surface area contributed by atoms with Crippen molar-refractivity contribution < 1.29 is 9.53 Å². The molecule has 1 N–H and O–H groups in total. The van der Waals surface area contributed by atoms with Crippen LogP contribution in [0.15, 0.2) is 42.7 Å². The van der Waals surface area contributed by atoms with E-state index in [9.17, 15) is 4.79 Å². The third kappa shape index (κ3) is 3.87. The van der Waals surface area contributed by atoms with Crippen molar-refractivity contribution in [2.45, 2.75) is 26.3 Å². The number of carbonyl (C=O) groups excluding carboxylic acids is 1. The first-order chi connectivity index (χ1) is 13.5. The summed E-state index contributed by atoms with van der Waals surface area (Å²) in [5.74, 6) is 1.75. The molecule has 1 amide bonds. The molecular weight excluding hydrogens is 469 g/mol. The SMILES string of the molecule is C[C@H]1COc2ccc(I)cc2C(=O)Nc2cccc(n2)-c2nncn2[C@@H](C)C1. The van der Waals surface area contributed by atoms with Gasteiger partial charge in [0.25, 0.3) is 5.91 Å². The second-order valence-corrected chi connectivity index (χ2v) is 8.31. The number of hydrogen-bond acceptors (Lipinski definition) is 5. The average molecular weight is 489 g/mol. The average Bonchev–Trinajstić information content (AvgIpc) is 3.16. The van der Waals surface area contributed by atoms with Crippen LogP contribution >= 0.6 is 22.6 Å². The first-order valence-electron chi connectivity index (χ1n) is 9.12. The lowest BCUT2D eigenvalue weighted by atomic mass is 10.0. The predicted octanol–water partition coefficient (Wildman–Crippen LogP) is 4.18. The number of ether oxygens (including phenoxy) is 1. The van der Waals surface area contributed by atoms with E-state index in [0.29, 0.717) is 35.3 Å². The lowest BCUT2D eigenvalue weighted by Crippen LogP contribution is -2.19. The summed E-state index contributed by atoms with van der Waals surface area (Å²) >= 11 is 2.19. The Morgan fingerprint density at radius 2 is 2.11 bits per heavy atom. The maximum Gasteiger partial charge on any atom is 0.260 e. The van der Waals surface area contributed by atoms with Crippen LogP contribution in [0.25, 0.3) is 11.5 Å². The Balaban J connectivity index is 1.79. The van der Waals surface area contributed by atoms with E-state index in [1.165, 1.54) is 0 Å². The van der Waals surface area contributed by atoms with Crippen LogP contribution in [0.1, 0.15) is 36.7 Å². The number of pyridine rings is 1. The van der Waals surface area contributed by atoms with E-state index in [2.05, 4.69) is 56.9 Å². The zero-order valence-corrected chi connectivity index (χ0v) is 17.8. The maximum absolute atomic E-state index is 12.9. The van der Waals surface area contributed by atoms with Crippen LogP contribution in [0.3, 0.4) is 0 Å². The fraction of sp³-hybridized carbons (Fsp3) is 0.300. The van der Waals surface area contributed by atoms with E-state index in [1.54, 1.807) is 12.4 Å². The lowest BCUT2D eigenvalue weighted by molar-refractivity contribution is 0.102. The second-order valence-electron chi connectivity index (χ2n) is 7.07. The lowest BCUT2D eigenvalue weighted by Gasteiger charge is -2.21. The van der Waals surface area contributed by atoms with Crippen molar-refractivity contribution in [3.8, 4) is 17.3 Å². The number of benzene rings is 1. The van der Waals surface area contributed by atoms with E-state index < -0.39 is 0 Å². The molecule has 0 spiro atoms. The van der Waals surface area contributed by atoms with Gasteiger partial charge in [-0.1, -0.05) is 13.0 Å². The van der Waals surface area contributed by atoms with Crippen LogP contribution in [-0.4, -0.2) is 32.3 Å². The van der Waals surface area contributed by atoms with Gasteiger partial charge in [-0.3, -0.25) is 4.79 Å². The zero-order valence-electron chi connectivity index (χ0n) is 15.6. The summed E-state index contributed by atoms with van der Waals surface area (Å²) in [6.07, 6.45) is 2.61. The van der Waals surface area contributed by atoms with Crippen LogP contribution in [0, 0.1) is 9.49 Å². The summed E-state index contributed by atoms with van der Waals surface area (Å²) in [5.41, 5.74) is 1.17. The largest absolute Gasteiger partial charge is 0.492 e. The van der Waals surface area contributed by atoms with Crippen LogP contribution in [0.4, 0.5) is 5.82 Å². The number of fused-ring (bicyclic) bond motifs is 5. The highest BCUT2D eigenvalue weighted by atomic mass is 127. The van der Waals surface area contributed by atoms with Gasteiger partial charge in [-0.25, -0.2) is 4.98 Å². The highest BCUT2D eigenvalue weighted by Gasteiger charge is 2.20. The molecule has 2 aromatic heterocycles. The highest BCUT2D eigenvalue weighted by Crippen LogP contribution is 2.27. The van der Waals surface area contributed by atoms with E-state index in [4.69, 9.17) is 4.74 Å². The minimum atomic E-state index is -0.252. The summed E-state index contributed by atoms with van der Waals surface area (Å²) < 4.78 is 9.00. The Morgan fingerprint density at radius 1 is 1.25 bits per heavy atom. The van der Waals surface area contributed by atoms with Crippen LogP contribution in [-0.2, 0) is 0 Å². The highest BCUT2D eigenvalue weighted by molar-refractivity contribution is 14.1.